The van der Waals surface area contributed by atoms with Gasteiger partial charge in [-0.1, -0.05) is 114 Å². The Balaban J connectivity index is 0.984. The van der Waals surface area contributed by atoms with Gasteiger partial charge in [0.2, 0.25) is 11.8 Å². The van der Waals surface area contributed by atoms with Crippen LogP contribution >= 0.6 is 0 Å². The van der Waals surface area contributed by atoms with Gasteiger partial charge in [-0.3, -0.25) is 19.5 Å². The minimum atomic E-state index is -1.72. The van der Waals surface area contributed by atoms with Crippen molar-refractivity contribution in [3.63, 3.8) is 0 Å². The highest BCUT2D eigenvalue weighted by Gasteiger charge is 2.46. The number of likely N-dealkylation sites (N-methyl/N-ethyl adjacent to an activating group) is 1. The van der Waals surface area contributed by atoms with E-state index in [0.717, 1.165) is 99.3 Å². The molecular formula is C49H59N7O4Si. The largest absolute Gasteiger partial charge is 0.453 e. The van der Waals surface area contributed by atoms with Crippen molar-refractivity contribution in [2.45, 2.75) is 90.3 Å². The van der Waals surface area contributed by atoms with Crippen LogP contribution < -0.4 is 5.32 Å². The van der Waals surface area contributed by atoms with Crippen LogP contribution in [-0.4, -0.2) is 101 Å². The van der Waals surface area contributed by atoms with Crippen LogP contribution in [0.3, 0.4) is 0 Å². The molecule has 2 N–H and O–H groups in total. The van der Waals surface area contributed by atoms with Gasteiger partial charge in [-0.2, -0.15) is 0 Å². The van der Waals surface area contributed by atoms with E-state index in [9.17, 15) is 14.4 Å². The number of nitrogens with zero attached hydrogens (tertiary/aromatic N) is 5. The van der Waals surface area contributed by atoms with Crippen LogP contribution in [0.4, 0.5) is 4.79 Å². The third kappa shape index (κ3) is 8.40. The smallest absolute Gasteiger partial charge is 0.407 e. The quantitative estimate of drug-likeness (QED) is 0.121. The highest BCUT2D eigenvalue weighted by Crippen LogP contribution is 2.41. The lowest BCUT2D eigenvalue weighted by Gasteiger charge is -2.34. The number of H-pyrrole nitrogens is 1. The molecule has 3 aliphatic heterocycles. The number of fused-ring (bicyclic) bond motifs is 3. The first kappa shape index (κ1) is 42.1. The normalized spacial score (nSPS) is 19.8. The fourth-order valence-corrected chi connectivity index (χ4v) is 12.6. The summed E-state index contributed by atoms with van der Waals surface area (Å²) in [4.78, 5) is 60.4. The molecule has 0 saturated carbocycles. The number of hydrogen-bond acceptors (Lipinski definition) is 7. The Morgan fingerprint density at radius 1 is 0.902 bits per heavy atom. The number of likely N-dealkylation sites (tertiary alicyclic amines) is 1. The lowest BCUT2D eigenvalue weighted by atomic mass is 9.95. The molecule has 11 nitrogen and oxygen atoms in total. The summed E-state index contributed by atoms with van der Waals surface area (Å²) < 4.78 is 4.79. The van der Waals surface area contributed by atoms with E-state index >= 15 is 0 Å². The lowest BCUT2D eigenvalue weighted by Crippen LogP contribution is -2.53. The van der Waals surface area contributed by atoms with E-state index in [0.29, 0.717) is 13.0 Å². The highest BCUT2D eigenvalue weighted by molar-refractivity contribution is 6.78. The van der Waals surface area contributed by atoms with Crippen molar-refractivity contribution in [2.24, 2.45) is 10.9 Å². The van der Waals surface area contributed by atoms with E-state index in [2.05, 4.69) is 114 Å². The number of imidazole rings is 1. The minimum Gasteiger partial charge on any atom is -0.453 e. The van der Waals surface area contributed by atoms with Crippen LogP contribution in [0.1, 0.15) is 76.0 Å². The Morgan fingerprint density at radius 2 is 1.62 bits per heavy atom. The fraction of sp³-hybridized carbons (Fsp3) is 0.408. The molecule has 0 bridgehead atoms. The van der Waals surface area contributed by atoms with Crippen molar-refractivity contribution in [1.29, 1.82) is 0 Å². The first-order chi connectivity index (χ1) is 29.4. The molecule has 0 unspecified atom stereocenters. The number of nitrogens with one attached hydrogen (secondary N) is 2. The number of aliphatic imine (C=N–C) groups is 1. The summed E-state index contributed by atoms with van der Waals surface area (Å²) in [5, 5.41) is 4.93. The Labute approximate surface area is 360 Å². The van der Waals surface area contributed by atoms with E-state index in [4.69, 9.17) is 14.7 Å². The highest BCUT2D eigenvalue weighted by atomic mass is 28.3. The van der Waals surface area contributed by atoms with Gasteiger partial charge in [0, 0.05) is 36.4 Å². The summed E-state index contributed by atoms with van der Waals surface area (Å²) >= 11 is 0. The predicted molar refractivity (Wildman–Crippen MR) is 247 cm³/mol. The molecule has 0 radical (unpaired) electrons. The number of benzene rings is 4. The molecule has 4 aromatic carbocycles. The van der Waals surface area contributed by atoms with Crippen molar-refractivity contribution in [2.75, 3.05) is 32.9 Å². The molecule has 0 aliphatic carbocycles. The fourth-order valence-electron chi connectivity index (χ4n) is 9.75. The van der Waals surface area contributed by atoms with Crippen molar-refractivity contribution in [1.82, 2.24) is 30.0 Å². The van der Waals surface area contributed by atoms with Gasteiger partial charge >= 0.3 is 6.09 Å². The number of hydrogen-bond donors (Lipinski definition) is 2. The van der Waals surface area contributed by atoms with Gasteiger partial charge in [0.05, 0.1) is 38.3 Å². The summed E-state index contributed by atoms with van der Waals surface area (Å²) in [5.74, 6) is 0.864. The van der Waals surface area contributed by atoms with Gasteiger partial charge < -0.3 is 24.8 Å². The Hall–Kier alpha value is -5.59. The lowest BCUT2D eigenvalue weighted by molar-refractivity contribution is -0.138. The summed E-state index contributed by atoms with van der Waals surface area (Å²) in [6, 6.07) is 29.5. The third-order valence-electron chi connectivity index (χ3n) is 13.0. The number of ether oxygens (including phenoxy) is 1. The molecule has 2 fully saturated rings. The zero-order chi connectivity index (χ0) is 43.0. The van der Waals surface area contributed by atoms with Crippen molar-refractivity contribution in [3.8, 4) is 11.1 Å². The number of aromatic amines is 1. The second kappa shape index (κ2) is 17.4. The Bertz CT molecular complexity index is 2490. The van der Waals surface area contributed by atoms with E-state index in [1.165, 1.54) is 7.11 Å². The maximum absolute atomic E-state index is 14.7. The van der Waals surface area contributed by atoms with Gasteiger partial charge in [-0.25, -0.2) is 9.78 Å². The molecule has 61 heavy (non-hydrogen) atoms. The number of aromatic nitrogens is 2. The van der Waals surface area contributed by atoms with Gasteiger partial charge in [0.25, 0.3) is 0 Å². The van der Waals surface area contributed by atoms with Gasteiger partial charge in [0.15, 0.2) is 0 Å². The number of carbonyl (C=O) groups excluding carboxylic acids is 3. The number of methoxy groups -OCH3 is 1. The van der Waals surface area contributed by atoms with Gasteiger partial charge in [-0.05, 0) is 83.2 Å². The van der Waals surface area contributed by atoms with Gasteiger partial charge in [-0.15, -0.1) is 0 Å². The second-order valence-electron chi connectivity index (χ2n) is 18.0. The van der Waals surface area contributed by atoms with E-state index in [1.807, 2.05) is 43.1 Å². The predicted octanol–water partition coefficient (Wildman–Crippen LogP) is 9.15. The molecule has 318 valence electrons. The molecule has 4 heterocycles. The molecule has 8 rings (SSSR count). The van der Waals surface area contributed by atoms with E-state index in [-0.39, 0.29) is 35.9 Å². The molecule has 1 aromatic heterocycles. The third-order valence-corrected chi connectivity index (χ3v) is 15.7. The molecule has 0 spiro atoms. The van der Waals surface area contributed by atoms with Crippen LogP contribution in [-0.2, 0) is 14.3 Å². The first-order valence-electron chi connectivity index (χ1n) is 21.9. The maximum atomic E-state index is 14.7. The molecular weight excluding hydrogens is 779 g/mol. The zero-order valence-corrected chi connectivity index (χ0v) is 37.6. The maximum Gasteiger partial charge on any atom is 0.407 e. The van der Waals surface area contributed by atoms with Crippen molar-refractivity contribution >= 4 is 59.1 Å². The average Bonchev–Trinajstić information content (AvgIpc) is 4.10. The summed E-state index contributed by atoms with van der Waals surface area (Å²) in [6.07, 6.45) is 4.58. The monoisotopic (exact) mass is 837 g/mol. The van der Waals surface area contributed by atoms with Crippen LogP contribution in [0.5, 0.6) is 0 Å². The topological polar surface area (TPSA) is 123 Å². The van der Waals surface area contributed by atoms with Crippen LogP contribution in [0.15, 0.2) is 96.1 Å². The van der Waals surface area contributed by atoms with Gasteiger partial charge in [0.1, 0.15) is 17.9 Å². The number of carbonyl (C=O) groups is 3. The minimum absolute atomic E-state index is 0.0792. The molecule has 4 atom stereocenters. The van der Waals surface area contributed by atoms with Crippen molar-refractivity contribution in [3.05, 3.63) is 108 Å². The van der Waals surface area contributed by atoms with Crippen molar-refractivity contribution < 1.29 is 19.1 Å². The van der Waals surface area contributed by atoms with E-state index < -0.39 is 20.2 Å². The summed E-state index contributed by atoms with van der Waals surface area (Å²) in [7, 11) is -0.407. The second-order valence-corrected chi connectivity index (χ2v) is 23.0. The zero-order valence-electron chi connectivity index (χ0n) is 36.6. The Morgan fingerprint density at radius 3 is 2.33 bits per heavy atom. The van der Waals surface area contributed by atoms with Crippen LogP contribution in [0.25, 0.3) is 38.5 Å². The molecule has 3 aliphatic rings. The number of alkyl carbamates (subject to hydrolysis) is 1. The van der Waals surface area contributed by atoms with E-state index in [1.54, 1.807) is 0 Å². The number of allylic oxidation sites excluding steroid dienone is 1. The Kier molecular flexibility index (Phi) is 12.0. The summed E-state index contributed by atoms with van der Waals surface area (Å²) in [6.45, 7) is 15.1. The molecule has 12 heteroatoms. The number of rotatable bonds is 12. The standard InChI is InChI=1S/C49H59N7O4Si/c1-8-54(9-2)45(34-14-11-10-12-15-34)48(58)56-30-61(6,7)29-42(56)46-51-39-24-22-36-26-35(21-23-38(36)44(39)52-46)32-17-19-33(20-18-32)37-27-40(50-28-37)41-16-13-25-55(41)47(57)43(31(3)4)53-49(59)60-5/h10-12,14-15,17-24,26,28,31,41-43,45H,8-9,13,16,25,27,29-30H2,1-7H3,(H,51,52)(H,53,59)/t41-,42-,43-,45-/m0/s1. The van der Waals surface area contributed by atoms with Crippen LogP contribution in [0.2, 0.25) is 19.1 Å². The van der Waals surface area contributed by atoms with Crippen LogP contribution in [0, 0.1) is 5.92 Å². The number of amides is 3. The average molecular weight is 838 g/mol. The summed E-state index contributed by atoms with van der Waals surface area (Å²) in [5.41, 5.74) is 8.41. The molecule has 2 saturated heterocycles. The SMILES string of the molecule is CCN(CC)[C@H](C(=O)N1C[Si](C)(C)C[C@H]1c1nc2c(ccc3cc(-c4ccc(C5=CN=C([C@@H]6CCCN6C(=O)[C@@H](NC(=O)OC)C(C)C)C5)cc4)ccc32)[nH]1)c1ccccc1. The molecule has 3 amide bonds. The first-order valence-corrected chi connectivity index (χ1v) is 25.3. The molecule has 5 aromatic rings.